The molecule has 0 N–H and O–H groups in total. The molecule has 0 rings (SSSR count). The van der Waals surface area contributed by atoms with Gasteiger partial charge in [0.1, 0.15) is 19.8 Å². The molecular formula is C82H144NO8P. The van der Waals surface area contributed by atoms with Gasteiger partial charge in [-0.15, -0.1) is 0 Å². The molecule has 92 heavy (non-hydrogen) atoms. The van der Waals surface area contributed by atoms with Crippen molar-refractivity contribution in [3.05, 3.63) is 122 Å². The van der Waals surface area contributed by atoms with Gasteiger partial charge in [0.15, 0.2) is 6.10 Å². The summed E-state index contributed by atoms with van der Waals surface area (Å²) in [4.78, 5) is 38.2. The van der Waals surface area contributed by atoms with Crippen molar-refractivity contribution in [1.82, 2.24) is 0 Å². The number of hydrogen-bond acceptors (Lipinski definition) is 8. The number of phosphoric acid groups is 1. The molecule has 2 unspecified atom stereocenters. The molecule has 0 fully saturated rings. The van der Waals surface area contributed by atoms with E-state index in [1.165, 1.54) is 205 Å². The first-order chi connectivity index (χ1) is 45.0. The van der Waals surface area contributed by atoms with Crippen molar-refractivity contribution in [3.8, 4) is 0 Å². The van der Waals surface area contributed by atoms with Gasteiger partial charge < -0.3 is 27.9 Å². The van der Waals surface area contributed by atoms with Gasteiger partial charge in [-0.1, -0.05) is 334 Å². The summed E-state index contributed by atoms with van der Waals surface area (Å²) < 4.78 is 34.4. The number of likely N-dealkylation sites (N-methyl/N-ethyl adjacent to an activating group) is 1. The molecule has 0 aromatic rings. The van der Waals surface area contributed by atoms with E-state index < -0.39 is 26.5 Å². The predicted molar refractivity (Wildman–Crippen MR) is 397 cm³/mol. The summed E-state index contributed by atoms with van der Waals surface area (Å²) in [6.45, 7) is 4.15. The molecule has 0 heterocycles. The first-order valence-corrected chi connectivity index (χ1v) is 39.7. The van der Waals surface area contributed by atoms with Gasteiger partial charge in [-0.2, -0.15) is 0 Å². The minimum atomic E-state index is -4.65. The molecular weight excluding hydrogens is 1160 g/mol. The van der Waals surface area contributed by atoms with Crippen LogP contribution in [0, 0.1) is 0 Å². The molecule has 10 heteroatoms. The number of unbranched alkanes of at least 4 members (excludes halogenated alkanes) is 36. The minimum absolute atomic E-state index is 0.0343. The van der Waals surface area contributed by atoms with Gasteiger partial charge in [0.05, 0.1) is 27.7 Å². The van der Waals surface area contributed by atoms with Crippen LogP contribution >= 0.6 is 7.82 Å². The number of allylic oxidation sites excluding steroid dienone is 20. The number of phosphoric ester groups is 1. The number of quaternary nitrogens is 1. The van der Waals surface area contributed by atoms with E-state index in [9.17, 15) is 19.0 Å². The highest BCUT2D eigenvalue weighted by Crippen LogP contribution is 2.38. The molecule has 0 aliphatic heterocycles. The zero-order valence-corrected chi connectivity index (χ0v) is 61.4. The molecule has 0 saturated carbocycles. The molecule has 0 spiro atoms. The second kappa shape index (κ2) is 71.7. The van der Waals surface area contributed by atoms with Gasteiger partial charge >= 0.3 is 11.9 Å². The number of carbonyl (C=O) groups is 2. The maximum Gasteiger partial charge on any atom is 0.306 e. The summed E-state index contributed by atoms with van der Waals surface area (Å²) >= 11 is 0. The highest BCUT2D eigenvalue weighted by molar-refractivity contribution is 7.45. The summed E-state index contributed by atoms with van der Waals surface area (Å²) in [5.41, 5.74) is 0. The van der Waals surface area contributed by atoms with Crippen LogP contribution in [-0.4, -0.2) is 70.0 Å². The zero-order valence-electron chi connectivity index (χ0n) is 60.5. The van der Waals surface area contributed by atoms with E-state index in [1.54, 1.807) is 0 Å². The Bertz CT molecular complexity index is 1970. The first-order valence-electron chi connectivity index (χ1n) is 38.2. The van der Waals surface area contributed by atoms with Crippen LogP contribution in [0.1, 0.15) is 335 Å². The van der Waals surface area contributed by atoms with E-state index in [0.29, 0.717) is 17.4 Å². The second-order valence-corrected chi connectivity index (χ2v) is 28.0. The Balaban J connectivity index is 4.02. The standard InChI is InChI=1S/C82H144NO8P/c1-6-8-10-12-14-16-18-20-22-24-26-28-30-32-34-36-38-39-40-41-42-43-45-47-49-51-53-55-57-59-61-63-65-67-69-71-73-75-82(85)91-80(79-90-92(86,87)89-77-76-83(3,4)5)78-88-81(84)74-72-70-68-66-64-62-60-58-56-54-52-50-48-46-44-37-35-33-31-29-27-25-23-21-19-17-15-13-11-9-7-2/h8,10,14,16,19-22,25-28,32,34,38-39,41-42,45,47,80H,6-7,9,11-13,15,17-18,23-24,29-31,33,35-37,40,43-44,46,48-79H2,1-5H3/b10-8-,16-14-,21-19-,22-20-,27-25-,28-26-,34-32-,39-38-,42-41-,47-45-. The van der Waals surface area contributed by atoms with Gasteiger partial charge in [-0.3, -0.25) is 14.2 Å². The van der Waals surface area contributed by atoms with Crippen molar-refractivity contribution in [3.63, 3.8) is 0 Å². The summed E-state index contributed by atoms with van der Waals surface area (Å²) in [6.07, 6.45) is 103. The molecule has 0 aromatic carbocycles. The molecule has 0 amide bonds. The van der Waals surface area contributed by atoms with E-state index in [1.807, 2.05) is 21.1 Å². The van der Waals surface area contributed by atoms with E-state index in [-0.39, 0.29) is 32.0 Å². The van der Waals surface area contributed by atoms with Gasteiger partial charge in [0.25, 0.3) is 7.82 Å². The van der Waals surface area contributed by atoms with Gasteiger partial charge in [0, 0.05) is 12.8 Å². The number of esters is 2. The Morgan fingerprint density at radius 3 is 0.924 bits per heavy atom. The van der Waals surface area contributed by atoms with Crippen molar-refractivity contribution in [2.24, 2.45) is 0 Å². The van der Waals surface area contributed by atoms with Crippen molar-refractivity contribution < 1.29 is 42.1 Å². The second-order valence-electron chi connectivity index (χ2n) is 26.6. The average Bonchev–Trinajstić information content (AvgIpc) is 2.34. The highest BCUT2D eigenvalue weighted by atomic mass is 31.2. The number of nitrogens with zero attached hydrogens (tertiary/aromatic N) is 1. The SMILES string of the molecule is CC/C=C\C/C=C\C/C=C\C/C=C\C/C=C\C/C=C\C/C=C\C/C=C\CCCCCCCCCCCCCCC(=O)OC(COC(=O)CCCCCCCCCCCCCCCCCCCCC/C=C\C/C=C\CCCCCCC)COP(=O)([O-])OCC[N+](C)(C)C. The lowest BCUT2D eigenvalue weighted by atomic mass is 10.0. The van der Waals surface area contributed by atoms with Crippen LogP contribution in [-0.2, 0) is 32.7 Å². The highest BCUT2D eigenvalue weighted by Gasteiger charge is 2.22. The Morgan fingerprint density at radius 2 is 0.620 bits per heavy atom. The monoisotopic (exact) mass is 1300 g/mol. The fourth-order valence-electron chi connectivity index (χ4n) is 10.6. The Hall–Kier alpha value is -3.59. The number of rotatable bonds is 70. The minimum Gasteiger partial charge on any atom is -0.756 e. The summed E-state index contributed by atoms with van der Waals surface area (Å²) in [6, 6.07) is 0. The van der Waals surface area contributed by atoms with Crippen molar-refractivity contribution >= 4 is 19.8 Å². The van der Waals surface area contributed by atoms with Gasteiger partial charge in [0.2, 0.25) is 0 Å². The fourth-order valence-corrected chi connectivity index (χ4v) is 11.4. The molecule has 9 nitrogen and oxygen atoms in total. The van der Waals surface area contributed by atoms with Crippen LogP contribution in [0.4, 0.5) is 0 Å². The van der Waals surface area contributed by atoms with Crippen LogP contribution in [0.25, 0.3) is 0 Å². The Kier molecular flexibility index (Phi) is 68.9. The van der Waals surface area contributed by atoms with Crippen LogP contribution in [0.5, 0.6) is 0 Å². The van der Waals surface area contributed by atoms with Crippen LogP contribution in [0.2, 0.25) is 0 Å². The quantitative estimate of drug-likeness (QED) is 0.0195. The molecule has 0 aliphatic carbocycles. The lowest BCUT2D eigenvalue weighted by molar-refractivity contribution is -0.870. The molecule has 0 radical (unpaired) electrons. The molecule has 0 bridgehead atoms. The van der Waals surface area contributed by atoms with Crippen LogP contribution < -0.4 is 4.89 Å². The third-order valence-corrected chi connectivity index (χ3v) is 17.4. The fraction of sp³-hybridized carbons (Fsp3) is 0.732. The van der Waals surface area contributed by atoms with Gasteiger partial charge in [-0.25, -0.2) is 0 Å². The maximum atomic E-state index is 12.9. The summed E-state index contributed by atoms with van der Waals surface area (Å²) in [5.74, 6) is -0.828. The summed E-state index contributed by atoms with van der Waals surface area (Å²) in [7, 11) is 1.17. The van der Waals surface area contributed by atoms with Crippen molar-refractivity contribution in [1.29, 1.82) is 0 Å². The molecule has 0 aromatic heterocycles. The van der Waals surface area contributed by atoms with E-state index in [4.69, 9.17) is 18.5 Å². The van der Waals surface area contributed by atoms with E-state index in [0.717, 1.165) is 96.3 Å². The average molecular weight is 1300 g/mol. The third-order valence-electron chi connectivity index (χ3n) is 16.5. The summed E-state index contributed by atoms with van der Waals surface area (Å²) in [5, 5.41) is 0. The zero-order chi connectivity index (χ0) is 66.9. The normalized spacial score (nSPS) is 13.8. The van der Waals surface area contributed by atoms with Gasteiger partial charge in [-0.05, 0) is 109 Å². The Labute approximate surface area is 568 Å². The smallest absolute Gasteiger partial charge is 0.306 e. The topological polar surface area (TPSA) is 111 Å². The molecule has 530 valence electrons. The molecule has 2 atom stereocenters. The Morgan fingerprint density at radius 1 is 0.348 bits per heavy atom. The largest absolute Gasteiger partial charge is 0.756 e. The molecule has 0 saturated heterocycles. The van der Waals surface area contributed by atoms with Crippen molar-refractivity contribution in [2.75, 3.05) is 47.5 Å². The number of carbonyl (C=O) groups excluding carboxylic acids is 2. The maximum absolute atomic E-state index is 12.9. The lowest BCUT2D eigenvalue weighted by Gasteiger charge is -2.28. The lowest BCUT2D eigenvalue weighted by Crippen LogP contribution is -2.37. The van der Waals surface area contributed by atoms with Crippen LogP contribution in [0.3, 0.4) is 0 Å². The number of ether oxygens (including phenoxy) is 2. The molecule has 0 aliphatic rings. The third kappa shape index (κ3) is 75.4. The van der Waals surface area contributed by atoms with Crippen molar-refractivity contribution in [2.45, 2.75) is 341 Å². The van der Waals surface area contributed by atoms with E-state index in [2.05, 4.69) is 135 Å². The van der Waals surface area contributed by atoms with Crippen LogP contribution in [0.15, 0.2) is 122 Å². The van der Waals surface area contributed by atoms with E-state index >= 15 is 0 Å². The predicted octanol–water partition coefficient (Wildman–Crippen LogP) is 24.8. The first kappa shape index (κ1) is 88.4. The number of hydrogen-bond donors (Lipinski definition) is 0.